The number of hydrogen-bond acceptors (Lipinski definition) is 1. The number of hydrogen-bond donors (Lipinski definition) is 2. The highest BCUT2D eigenvalue weighted by Gasteiger charge is 2.01. The summed E-state index contributed by atoms with van der Waals surface area (Å²) in [5.74, 6) is -0.535. The van der Waals surface area contributed by atoms with Crippen LogP contribution in [0.3, 0.4) is 0 Å². The van der Waals surface area contributed by atoms with Crippen molar-refractivity contribution in [2.75, 3.05) is 5.32 Å². The largest absolute Gasteiger partial charge is 0.351 e. The Morgan fingerprint density at radius 1 is 1.58 bits per heavy atom. The van der Waals surface area contributed by atoms with E-state index >= 15 is 0 Å². The van der Waals surface area contributed by atoms with E-state index < -0.39 is 11.8 Å². The van der Waals surface area contributed by atoms with Gasteiger partial charge in [-0.05, 0) is 18.2 Å². The first-order valence-electron chi connectivity index (χ1n) is 3.11. The first kappa shape index (κ1) is 8.80. The third-order valence-corrected chi connectivity index (χ3v) is 1.48. The van der Waals surface area contributed by atoms with E-state index in [4.69, 9.17) is 17.3 Å². The summed E-state index contributed by atoms with van der Waals surface area (Å²) in [5, 5.41) is 2.21. The van der Waals surface area contributed by atoms with Crippen LogP contribution in [0.2, 0.25) is 5.02 Å². The van der Waals surface area contributed by atoms with E-state index in [1.807, 2.05) is 0 Å². The molecule has 0 saturated carbocycles. The van der Waals surface area contributed by atoms with Crippen LogP contribution in [0, 0.1) is 5.82 Å². The number of nitrogens with one attached hydrogen (secondary N) is 1. The summed E-state index contributed by atoms with van der Waals surface area (Å²) in [4.78, 5) is 10.3. The molecule has 0 aliphatic heterocycles. The zero-order chi connectivity index (χ0) is 9.14. The molecule has 0 atom stereocenters. The predicted octanol–water partition coefficient (Wildman–Crippen LogP) is 1.97. The summed E-state index contributed by atoms with van der Waals surface area (Å²) in [6.45, 7) is 0. The van der Waals surface area contributed by atoms with Gasteiger partial charge in [-0.1, -0.05) is 11.6 Å². The molecule has 0 heterocycles. The molecule has 2 amide bonds. The highest BCUT2D eigenvalue weighted by molar-refractivity contribution is 6.31. The van der Waals surface area contributed by atoms with Crippen molar-refractivity contribution in [3.8, 4) is 0 Å². The number of rotatable bonds is 1. The van der Waals surface area contributed by atoms with Crippen LogP contribution in [0.4, 0.5) is 14.9 Å². The molecular formula is C7H6ClFN2O. The quantitative estimate of drug-likeness (QED) is 0.696. The van der Waals surface area contributed by atoms with E-state index in [0.717, 1.165) is 6.07 Å². The Kier molecular flexibility index (Phi) is 2.50. The lowest BCUT2D eigenvalue weighted by molar-refractivity contribution is 0.259. The van der Waals surface area contributed by atoms with Crippen LogP contribution >= 0.6 is 11.6 Å². The maximum atomic E-state index is 12.6. The molecule has 1 aromatic rings. The van der Waals surface area contributed by atoms with Gasteiger partial charge < -0.3 is 11.1 Å². The first-order chi connectivity index (χ1) is 5.59. The number of carbonyl (C=O) groups is 1. The van der Waals surface area contributed by atoms with Crippen molar-refractivity contribution < 1.29 is 9.18 Å². The molecule has 0 aliphatic rings. The van der Waals surface area contributed by atoms with Crippen LogP contribution in [0.5, 0.6) is 0 Å². The molecule has 3 nitrogen and oxygen atoms in total. The van der Waals surface area contributed by atoms with Gasteiger partial charge in [0.05, 0.1) is 5.02 Å². The standard InChI is InChI=1S/C7H6ClFN2O/c8-5-3-4(11-7(10)12)1-2-6(5)9/h1-3H,(H3,10,11,12). The van der Waals surface area contributed by atoms with E-state index in [2.05, 4.69) is 5.32 Å². The minimum atomic E-state index is -0.710. The lowest BCUT2D eigenvalue weighted by Gasteiger charge is -2.01. The normalized spacial score (nSPS) is 9.50. The summed E-state index contributed by atoms with van der Waals surface area (Å²) < 4.78 is 12.6. The van der Waals surface area contributed by atoms with Crippen LogP contribution in [-0.4, -0.2) is 6.03 Å². The fourth-order valence-electron chi connectivity index (χ4n) is 0.716. The Morgan fingerprint density at radius 3 is 2.75 bits per heavy atom. The number of amides is 2. The predicted molar refractivity (Wildman–Crippen MR) is 44.6 cm³/mol. The number of carbonyl (C=O) groups excluding carboxylic acids is 1. The maximum absolute atomic E-state index is 12.6. The van der Waals surface area contributed by atoms with Gasteiger partial charge >= 0.3 is 6.03 Å². The van der Waals surface area contributed by atoms with E-state index in [9.17, 15) is 9.18 Å². The molecule has 1 rings (SSSR count). The van der Waals surface area contributed by atoms with Crippen LogP contribution in [0.1, 0.15) is 0 Å². The van der Waals surface area contributed by atoms with Gasteiger partial charge in [0, 0.05) is 5.69 Å². The Hall–Kier alpha value is -1.29. The third-order valence-electron chi connectivity index (χ3n) is 1.19. The summed E-state index contributed by atoms with van der Waals surface area (Å²) >= 11 is 5.43. The van der Waals surface area contributed by atoms with Crippen LogP contribution < -0.4 is 11.1 Å². The first-order valence-corrected chi connectivity index (χ1v) is 3.49. The highest BCUT2D eigenvalue weighted by Crippen LogP contribution is 2.18. The maximum Gasteiger partial charge on any atom is 0.316 e. The zero-order valence-corrected chi connectivity index (χ0v) is 6.73. The van der Waals surface area contributed by atoms with Crippen molar-refractivity contribution in [2.24, 2.45) is 5.73 Å². The number of nitrogens with two attached hydrogens (primary N) is 1. The van der Waals surface area contributed by atoms with Gasteiger partial charge in [0.15, 0.2) is 0 Å². The second-order valence-electron chi connectivity index (χ2n) is 2.12. The Morgan fingerprint density at radius 2 is 2.25 bits per heavy atom. The van der Waals surface area contributed by atoms with Gasteiger partial charge in [-0.25, -0.2) is 9.18 Å². The molecule has 1 aromatic carbocycles. The van der Waals surface area contributed by atoms with Gasteiger partial charge in [0.2, 0.25) is 0 Å². The van der Waals surface area contributed by atoms with Gasteiger partial charge in [-0.2, -0.15) is 0 Å². The Balaban J connectivity index is 2.89. The molecule has 3 N–H and O–H groups in total. The monoisotopic (exact) mass is 188 g/mol. The van der Waals surface area contributed by atoms with E-state index in [1.165, 1.54) is 12.1 Å². The molecule has 0 aromatic heterocycles. The smallest absolute Gasteiger partial charge is 0.316 e. The lowest BCUT2D eigenvalue weighted by Crippen LogP contribution is -2.19. The van der Waals surface area contributed by atoms with Gasteiger partial charge in [-0.15, -0.1) is 0 Å². The summed E-state index contributed by atoms with van der Waals surface area (Å²) in [7, 11) is 0. The molecular weight excluding hydrogens is 183 g/mol. The van der Waals surface area contributed by atoms with Crippen molar-refractivity contribution in [3.05, 3.63) is 29.0 Å². The van der Waals surface area contributed by atoms with Crippen molar-refractivity contribution >= 4 is 23.3 Å². The minimum Gasteiger partial charge on any atom is -0.351 e. The van der Waals surface area contributed by atoms with E-state index in [-0.39, 0.29) is 5.02 Å². The summed E-state index contributed by atoms with van der Waals surface area (Å²) in [5.41, 5.74) is 5.20. The fourth-order valence-corrected chi connectivity index (χ4v) is 0.897. The summed E-state index contributed by atoms with van der Waals surface area (Å²) in [6.07, 6.45) is 0. The average Bonchev–Trinajstić information content (AvgIpc) is 1.96. The molecule has 0 unspecified atom stereocenters. The molecule has 0 fully saturated rings. The van der Waals surface area contributed by atoms with E-state index in [0.29, 0.717) is 5.69 Å². The number of benzene rings is 1. The lowest BCUT2D eigenvalue weighted by atomic mass is 10.3. The topological polar surface area (TPSA) is 55.1 Å². The summed E-state index contributed by atoms with van der Waals surface area (Å²) in [6, 6.07) is 3.08. The number of primary amides is 1. The molecule has 5 heteroatoms. The molecule has 0 spiro atoms. The number of halogens is 2. The van der Waals surface area contributed by atoms with Crippen molar-refractivity contribution in [3.63, 3.8) is 0 Å². The SMILES string of the molecule is NC(=O)Nc1ccc(F)c(Cl)c1. The van der Waals surface area contributed by atoms with Gasteiger partial charge in [0.1, 0.15) is 5.82 Å². The van der Waals surface area contributed by atoms with Crippen LogP contribution in [0.25, 0.3) is 0 Å². The second kappa shape index (κ2) is 3.40. The van der Waals surface area contributed by atoms with E-state index in [1.54, 1.807) is 0 Å². The average molecular weight is 189 g/mol. The van der Waals surface area contributed by atoms with Gasteiger partial charge in [0.25, 0.3) is 0 Å². The molecule has 0 saturated heterocycles. The molecule has 0 bridgehead atoms. The molecule has 0 aliphatic carbocycles. The van der Waals surface area contributed by atoms with Crippen molar-refractivity contribution in [1.82, 2.24) is 0 Å². The van der Waals surface area contributed by atoms with Crippen molar-refractivity contribution in [2.45, 2.75) is 0 Å². The van der Waals surface area contributed by atoms with Crippen molar-refractivity contribution in [1.29, 1.82) is 0 Å². The van der Waals surface area contributed by atoms with Gasteiger partial charge in [-0.3, -0.25) is 0 Å². The number of anilines is 1. The molecule has 0 radical (unpaired) electrons. The minimum absolute atomic E-state index is 0.0544. The molecule has 12 heavy (non-hydrogen) atoms. The Bertz CT molecular complexity index is 316. The Labute approximate surface area is 73.3 Å². The fraction of sp³-hybridized carbons (Fsp3) is 0. The zero-order valence-electron chi connectivity index (χ0n) is 5.97. The van der Waals surface area contributed by atoms with Crippen LogP contribution in [0.15, 0.2) is 18.2 Å². The molecule has 64 valence electrons. The number of urea groups is 1. The third kappa shape index (κ3) is 2.10. The highest BCUT2D eigenvalue weighted by atomic mass is 35.5. The second-order valence-corrected chi connectivity index (χ2v) is 2.53. The van der Waals surface area contributed by atoms with Crippen LogP contribution in [-0.2, 0) is 0 Å².